The van der Waals surface area contributed by atoms with Gasteiger partial charge in [0.15, 0.2) is 9.84 Å². The Hall–Kier alpha value is -2.61. The number of sulfone groups is 1. The average molecular weight is 471 g/mol. The number of aryl methyl sites for hydroxylation is 1. The van der Waals surface area contributed by atoms with E-state index in [9.17, 15) is 8.42 Å². The second-order valence-electron chi connectivity index (χ2n) is 6.84. The van der Waals surface area contributed by atoms with Crippen LogP contribution in [0.4, 0.5) is 0 Å². The van der Waals surface area contributed by atoms with Gasteiger partial charge in [0, 0.05) is 10.8 Å². The number of aromatic nitrogens is 2. The van der Waals surface area contributed by atoms with Gasteiger partial charge in [-0.3, -0.25) is 0 Å². The molecule has 158 valence electrons. The molecule has 4 rings (SSSR count). The van der Waals surface area contributed by atoms with Gasteiger partial charge in [-0.05, 0) is 47.4 Å². The van der Waals surface area contributed by atoms with E-state index in [4.69, 9.17) is 16.0 Å². The molecule has 0 aliphatic carbocycles. The summed E-state index contributed by atoms with van der Waals surface area (Å²) in [6.07, 6.45) is 0.834. The summed E-state index contributed by atoms with van der Waals surface area (Å²) in [5.41, 5.74) is 3.58. The van der Waals surface area contributed by atoms with E-state index in [0.29, 0.717) is 10.2 Å². The number of nitrogens with zero attached hydrogens (tertiary/aromatic N) is 2. The Morgan fingerprint density at radius 2 is 1.52 bits per heavy atom. The minimum absolute atomic E-state index is 0.0738. The fraction of sp³-hybridized carbons (Fsp3) is 0.130. The minimum atomic E-state index is -3.57. The number of benzene rings is 3. The van der Waals surface area contributed by atoms with Crippen LogP contribution in [0.2, 0.25) is 5.02 Å². The highest BCUT2D eigenvalue weighted by Gasteiger charge is 2.19. The molecule has 8 heteroatoms. The predicted octanol–water partition coefficient (Wildman–Crippen LogP) is 5.70. The fourth-order valence-electron chi connectivity index (χ4n) is 2.99. The van der Waals surface area contributed by atoms with E-state index in [1.807, 2.05) is 18.2 Å². The lowest BCUT2D eigenvalue weighted by Crippen LogP contribution is -2.05. The number of hydrogen-bond donors (Lipinski definition) is 0. The van der Waals surface area contributed by atoms with Gasteiger partial charge in [-0.15, -0.1) is 10.2 Å². The zero-order valence-corrected chi connectivity index (χ0v) is 18.8. The van der Waals surface area contributed by atoms with Crippen LogP contribution in [0.1, 0.15) is 11.5 Å². The standard InChI is InChI=1S/C23H19ClN2O3S2/c24-20-10-12-21(13-11-20)31(27,28)16-22-25-26-23(29-22)30-15-14-17-6-8-19(9-7-17)18-4-2-1-3-5-18/h1-13H,14-16H2. The highest BCUT2D eigenvalue weighted by molar-refractivity contribution is 7.99. The Kier molecular flexibility index (Phi) is 6.75. The highest BCUT2D eigenvalue weighted by atomic mass is 35.5. The van der Waals surface area contributed by atoms with Gasteiger partial charge in [0.2, 0.25) is 5.89 Å². The molecule has 0 radical (unpaired) electrons. The van der Waals surface area contributed by atoms with Crippen LogP contribution >= 0.6 is 23.4 Å². The van der Waals surface area contributed by atoms with Gasteiger partial charge in [0.1, 0.15) is 5.75 Å². The molecule has 0 amide bonds. The van der Waals surface area contributed by atoms with Crippen molar-refractivity contribution in [1.82, 2.24) is 10.2 Å². The molecule has 0 unspecified atom stereocenters. The molecule has 0 saturated heterocycles. The Balaban J connectivity index is 1.31. The summed E-state index contributed by atoms with van der Waals surface area (Å²) in [5.74, 6) is 0.476. The van der Waals surface area contributed by atoms with Gasteiger partial charge in [-0.25, -0.2) is 8.42 Å². The lowest BCUT2D eigenvalue weighted by molar-refractivity contribution is 0.423. The lowest BCUT2D eigenvalue weighted by atomic mass is 10.0. The van der Waals surface area contributed by atoms with Crippen LogP contribution in [0.3, 0.4) is 0 Å². The van der Waals surface area contributed by atoms with Crippen molar-refractivity contribution in [2.24, 2.45) is 0 Å². The number of hydrogen-bond acceptors (Lipinski definition) is 6. The van der Waals surface area contributed by atoms with Crippen LogP contribution < -0.4 is 0 Å². The van der Waals surface area contributed by atoms with Crippen molar-refractivity contribution in [3.63, 3.8) is 0 Å². The monoisotopic (exact) mass is 470 g/mol. The van der Waals surface area contributed by atoms with E-state index >= 15 is 0 Å². The third-order valence-electron chi connectivity index (χ3n) is 4.61. The van der Waals surface area contributed by atoms with Crippen LogP contribution in [0, 0.1) is 0 Å². The second kappa shape index (κ2) is 9.68. The van der Waals surface area contributed by atoms with E-state index in [2.05, 4.69) is 46.6 Å². The molecule has 5 nitrogen and oxygen atoms in total. The Morgan fingerprint density at radius 3 is 2.23 bits per heavy atom. The van der Waals surface area contributed by atoms with E-state index in [0.717, 1.165) is 12.2 Å². The molecule has 0 atom stereocenters. The van der Waals surface area contributed by atoms with Gasteiger partial charge in [-0.2, -0.15) is 0 Å². The number of thioether (sulfide) groups is 1. The van der Waals surface area contributed by atoms with Crippen LogP contribution in [0.15, 0.2) is 93.4 Å². The minimum Gasteiger partial charge on any atom is -0.415 e. The smallest absolute Gasteiger partial charge is 0.276 e. The zero-order valence-electron chi connectivity index (χ0n) is 16.4. The summed E-state index contributed by atoms with van der Waals surface area (Å²) in [5, 5.41) is 8.67. The molecule has 0 bridgehead atoms. The van der Waals surface area contributed by atoms with Crippen molar-refractivity contribution >= 4 is 33.2 Å². The van der Waals surface area contributed by atoms with Crippen LogP contribution in [-0.2, 0) is 22.0 Å². The van der Waals surface area contributed by atoms with Crippen LogP contribution in [0.5, 0.6) is 0 Å². The van der Waals surface area contributed by atoms with Crippen molar-refractivity contribution < 1.29 is 12.8 Å². The molecule has 0 aliphatic heterocycles. The van der Waals surface area contributed by atoms with Gasteiger partial charge >= 0.3 is 0 Å². The van der Waals surface area contributed by atoms with Crippen molar-refractivity contribution in [3.8, 4) is 11.1 Å². The fourth-order valence-corrected chi connectivity index (χ4v) is 5.04. The molecule has 0 fully saturated rings. The first-order valence-electron chi connectivity index (χ1n) is 9.57. The maximum atomic E-state index is 12.5. The molecule has 0 spiro atoms. The molecular formula is C23H19ClN2O3S2. The zero-order chi connectivity index (χ0) is 21.7. The third-order valence-corrected chi connectivity index (χ3v) is 7.30. The molecule has 0 aliphatic rings. The van der Waals surface area contributed by atoms with Crippen LogP contribution in [-0.4, -0.2) is 24.4 Å². The highest BCUT2D eigenvalue weighted by Crippen LogP contribution is 2.23. The Labute approximate surface area is 190 Å². The maximum absolute atomic E-state index is 12.5. The molecule has 31 heavy (non-hydrogen) atoms. The topological polar surface area (TPSA) is 73.1 Å². The lowest BCUT2D eigenvalue weighted by Gasteiger charge is -2.04. The van der Waals surface area contributed by atoms with E-state index in [-0.39, 0.29) is 16.5 Å². The predicted molar refractivity (Wildman–Crippen MR) is 123 cm³/mol. The molecule has 0 saturated carbocycles. The average Bonchev–Trinajstić information content (AvgIpc) is 3.21. The normalized spacial score (nSPS) is 11.5. The number of rotatable bonds is 8. The van der Waals surface area contributed by atoms with Crippen molar-refractivity contribution in [2.75, 3.05) is 5.75 Å². The van der Waals surface area contributed by atoms with Gasteiger partial charge < -0.3 is 4.42 Å². The van der Waals surface area contributed by atoms with Gasteiger partial charge in [0.05, 0.1) is 4.90 Å². The summed E-state index contributed by atoms with van der Waals surface area (Å²) in [6.45, 7) is 0. The number of halogens is 1. The third kappa shape index (κ3) is 5.76. The quantitative estimate of drug-likeness (QED) is 0.307. The molecule has 0 N–H and O–H groups in total. The van der Waals surface area contributed by atoms with Crippen molar-refractivity contribution in [2.45, 2.75) is 22.3 Å². The maximum Gasteiger partial charge on any atom is 0.276 e. The summed E-state index contributed by atoms with van der Waals surface area (Å²) < 4.78 is 30.5. The summed E-state index contributed by atoms with van der Waals surface area (Å²) >= 11 is 7.22. The SMILES string of the molecule is O=S(=O)(Cc1nnc(SCCc2ccc(-c3ccccc3)cc2)o1)c1ccc(Cl)cc1. The molecule has 1 aromatic heterocycles. The van der Waals surface area contributed by atoms with E-state index < -0.39 is 9.84 Å². The molecular weight excluding hydrogens is 452 g/mol. The Bertz CT molecular complexity index is 1240. The largest absolute Gasteiger partial charge is 0.415 e. The van der Waals surface area contributed by atoms with Gasteiger partial charge in [0.25, 0.3) is 5.22 Å². The van der Waals surface area contributed by atoms with Crippen molar-refractivity contribution in [3.05, 3.63) is 95.3 Å². The molecule has 3 aromatic carbocycles. The first-order chi connectivity index (χ1) is 15.0. The van der Waals surface area contributed by atoms with E-state index in [1.165, 1.54) is 52.7 Å². The van der Waals surface area contributed by atoms with E-state index in [1.54, 1.807) is 0 Å². The molecule has 4 aromatic rings. The second-order valence-corrected chi connectivity index (χ2v) is 10.3. The summed E-state index contributed by atoms with van der Waals surface area (Å²) in [4.78, 5) is 0.170. The first kappa shape index (κ1) is 21.6. The first-order valence-corrected chi connectivity index (χ1v) is 12.6. The van der Waals surface area contributed by atoms with Crippen LogP contribution in [0.25, 0.3) is 11.1 Å². The summed E-state index contributed by atoms with van der Waals surface area (Å²) in [6, 6.07) is 24.7. The summed E-state index contributed by atoms with van der Waals surface area (Å²) in [7, 11) is -3.57. The van der Waals surface area contributed by atoms with Gasteiger partial charge in [-0.1, -0.05) is 78.0 Å². The van der Waals surface area contributed by atoms with Crippen molar-refractivity contribution in [1.29, 1.82) is 0 Å². The molecule has 1 heterocycles. The Morgan fingerprint density at radius 1 is 0.839 bits per heavy atom.